The van der Waals surface area contributed by atoms with Gasteiger partial charge in [-0.3, -0.25) is 14.9 Å². The van der Waals surface area contributed by atoms with Gasteiger partial charge in [0.1, 0.15) is 12.4 Å². The van der Waals surface area contributed by atoms with E-state index >= 15 is 0 Å². The number of benzene rings is 2. The predicted octanol–water partition coefficient (Wildman–Crippen LogP) is 3.96. The number of carbonyl (C=O) groups excluding carboxylic acids is 1. The largest absolute Gasteiger partial charge is 0.485 e. The Labute approximate surface area is 184 Å². The van der Waals surface area contributed by atoms with E-state index in [0.717, 1.165) is 16.9 Å². The number of ether oxygens (including phenoxy) is 1. The molecule has 0 bridgehead atoms. The van der Waals surface area contributed by atoms with Crippen LogP contribution in [0.2, 0.25) is 0 Å². The van der Waals surface area contributed by atoms with Crippen LogP contribution in [-0.4, -0.2) is 31.3 Å². The van der Waals surface area contributed by atoms with Gasteiger partial charge in [0.2, 0.25) is 5.91 Å². The van der Waals surface area contributed by atoms with Crippen molar-refractivity contribution in [3.8, 4) is 5.75 Å². The lowest BCUT2D eigenvalue weighted by molar-refractivity contribution is -0.385. The summed E-state index contributed by atoms with van der Waals surface area (Å²) in [7, 11) is 1.81. The lowest BCUT2D eigenvalue weighted by Crippen LogP contribution is -2.15. The van der Waals surface area contributed by atoms with Crippen LogP contribution in [0, 0.1) is 30.9 Å². The number of rotatable bonds is 8. The number of nitrogens with zero attached hydrogens (tertiary/aromatic N) is 4. The zero-order chi connectivity index (χ0) is 22.5. The minimum atomic E-state index is -0.471. The van der Waals surface area contributed by atoms with Crippen LogP contribution in [0.4, 0.5) is 11.4 Å². The standard InChI is InChI=1S/C21H23N5O4S/c1-13-8-9-16(10-17(13)26(28)29)22-19(27)12-31-21-24-23-18(25(21)4)11-30-20-14(2)6-5-7-15(20)3/h5-10H,11-12H2,1-4H3,(H,22,27). The molecule has 0 fully saturated rings. The van der Waals surface area contributed by atoms with Crippen LogP contribution in [0.15, 0.2) is 41.6 Å². The molecule has 3 rings (SSSR count). The number of hydrogen-bond acceptors (Lipinski definition) is 7. The van der Waals surface area contributed by atoms with Crippen LogP contribution in [0.1, 0.15) is 22.5 Å². The van der Waals surface area contributed by atoms with Gasteiger partial charge in [-0.05, 0) is 38.0 Å². The van der Waals surface area contributed by atoms with E-state index in [2.05, 4.69) is 15.5 Å². The Bertz CT molecular complexity index is 1110. The molecular weight excluding hydrogens is 418 g/mol. The maximum atomic E-state index is 12.3. The van der Waals surface area contributed by atoms with Crippen molar-refractivity contribution in [2.45, 2.75) is 32.5 Å². The van der Waals surface area contributed by atoms with Crippen molar-refractivity contribution in [2.24, 2.45) is 7.05 Å². The molecule has 1 heterocycles. The molecule has 0 aliphatic heterocycles. The Morgan fingerprint density at radius 2 is 1.87 bits per heavy atom. The van der Waals surface area contributed by atoms with E-state index < -0.39 is 4.92 Å². The lowest BCUT2D eigenvalue weighted by atomic mass is 10.1. The third kappa shape index (κ3) is 5.40. The van der Waals surface area contributed by atoms with Gasteiger partial charge in [0.15, 0.2) is 11.0 Å². The summed E-state index contributed by atoms with van der Waals surface area (Å²) in [4.78, 5) is 22.9. The first-order chi connectivity index (χ1) is 14.8. The lowest BCUT2D eigenvalue weighted by Gasteiger charge is -2.11. The van der Waals surface area contributed by atoms with Gasteiger partial charge in [0.25, 0.3) is 5.69 Å². The van der Waals surface area contributed by atoms with E-state index in [9.17, 15) is 14.9 Å². The smallest absolute Gasteiger partial charge is 0.274 e. The van der Waals surface area contributed by atoms with Crippen LogP contribution in [0.25, 0.3) is 0 Å². The van der Waals surface area contributed by atoms with E-state index in [-0.39, 0.29) is 24.0 Å². The zero-order valence-corrected chi connectivity index (χ0v) is 18.5. The summed E-state index contributed by atoms with van der Waals surface area (Å²) in [5, 5.41) is 22.6. The molecule has 0 spiro atoms. The Morgan fingerprint density at radius 1 is 1.16 bits per heavy atom. The second kappa shape index (κ2) is 9.61. The molecule has 162 valence electrons. The highest BCUT2D eigenvalue weighted by atomic mass is 32.2. The maximum absolute atomic E-state index is 12.3. The van der Waals surface area contributed by atoms with Gasteiger partial charge in [0.05, 0.1) is 10.7 Å². The predicted molar refractivity (Wildman–Crippen MR) is 118 cm³/mol. The molecule has 0 radical (unpaired) electrons. The highest BCUT2D eigenvalue weighted by molar-refractivity contribution is 7.99. The molecule has 0 saturated heterocycles. The second-order valence-corrected chi connectivity index (χ2v) is 8.01. The van der Waals surface area contributed by atoms with Crippen molar-refractivity contribution in [3.63, 3.8) is 0 Å². The molecule has 10 heteroatoms. The minimum Gasteiger partial charge on any atom is -0.485 e. The topological polar surface area (TPSA) is 112 Å². The molecule has 0 aliphatic rings. The number of nitro groups is 1. The fraction of sp³-hybridized carbons (Fsp3) is 0.286. The number of anilines is 1. The number of thioether (sulfide) groups is 1. The molecule has 0 aliphatic carbocycles. The SMILES string of the molecule is Cc1ccc(NC(=O)CSc2nnc(COc3c(C)cccc3C)n2C)cc1[N+](=O)[O-]. The number of para-hydroxylation sites is 1. The summed E-state index contributed by atoms with van der Waals surface area (Å²) in [5.41, 5.74) is 2.97. The van der Waals surface area contributed by atoms with E-state index in [1.54, 1.807) is 23.6 Å². The number of aryl methyl sites for hydroxylation is 3. The number of amides is 1. The first kappa shape index (κ1) is 22.3. The van der Waals surface area contributed by atoms with E-state index in [4.69, 9.17) is 4.74 Å². The van der Waals surface area contributed by atoms with Crippen LogP contribution in [0.5, 0.6) is 5.75 Å². The van der Waals surface area contributed by atoms with Crippen molar-refractivity contribution in [3.05, 3.63) is 69.0 Å². The van der Waals surface area contributed by atoms with Crippen LogP contribution >= 0.6 is 11.8 Å². The first-order valence-corrected chi connectivity index (χ1v) is 10.5. The quantitative estimate of drug-likeness (QED) is 0.320. The van der Waals surface area contributed by atoms with Crippen molar-refractivity contribution >= 4 is 29.0 Å². The monoisotopic (exact) mass is 441 g/mol. The van der Waals surface area contributed by atoms with Gasteiger partial charge in [-0.1, -0.05) is 36.0 Å². The zero-order valence-electron chi connectivity index (χ0n) is 17.7. The molecule has 0 atom stereocenters. The average Bonchev–Trinajstić information content (AvgIpc) is 3.07. The summed E-state index contributed by atoms with van der Waals surface area (Å²) in [5.74, 6) is 1.26. The van der Waals surface area contributed by atoms with Gasteiger partial charge in [0, 0.05) is 24.4 Å². The Kier molecular flexibility index (Phi) is 6.91. The molecule has 0 saturated carbocycles. The van der Waals surface area contributed by atoms with Crippen LogP contribution < -0.4 is 10.1 Å². The van der Waals surface area contributed by atoms with Gasteiger partial charge in [-0.2, -0.15) is 0 Å². The van der Waals surface area contributed by atoms with Crippen LogP contribution in [-0.2, 0) is 18.4 Å². The van der Waals surface area contributed by atoms with Gasteiger partial charge >= 0.3 is 0 Å². The maximum Gasteiger partial charge on any atom is 0.274 e. The Morgan fingerprint density at radius 3 is 2.55 bits per heavy atom. The molecular formula is C21H23N5O4S. The van der Waals surface area contributed by atoms with Crippen molar-refractivity contribution in [1.82, 2.24) is 14.8 Å². The molecule has 1 aromatic heterocycles. The molecule has 31 heavy (non-hydrogen) atoms. The number of nitro benzene ring substituents is 1. The average molecular weight is 442 g/mol. The molecule has 0 unspecified atom stereocenters. The Hall–Kier alpha value is -3.40. The molecule has 1 amide bonds. The highest BCUT2D eigenvalue weighted by Crippen LogP contribution is 2.25. The summed E-state index contributed by atoms with van der Waals surface area (Å²) < 4.78 is 7.71. The number of hydrogen-bond donors (Lipinski definition) is 1. The number of carbonyl (C=O) groups is 1. The summed E-state index contributed by atoms with van der Waals surface area (Å²) in [6.07, 6.45) is 0. The number of aromatic nitrogens is 3. The van der Waals surface area contributed by atoms with Gasteiger partial charge in [-0.25, -0.2) is 0 Å². The summed E-state index contributed by atoms with van der Waals surface area (Å²) in [6.45, 7) is 5.88. The third-order valence-electron chi connectivity index (χ3n) is 4.70. The van der Waals surface area contributed by atoms with Crippen molar-refractivity contribution in [1.29, 1.82) is 0 Å². The van der Waals surface area contributed by atoms with Crippen molar-refractivity contribution < 1.29 is 14.5 Å². The van der Waals surface area contributed by atoms with Gasteiger partial charge < -0.3 is 14.6 Å². The van der Waals surface area contributed by atoms with E-state index in [1.165, 1.54) is 17.8 Å². The normalized spacial score (nSPS) is 10.7. The molecule has 9 nitrogen and oxygen atoms in total. The Balaban J connectivity index is 1.58. The summed E-state index contributed by atoms with van der Waals surface area (Å²) in [6, 6.07) is 10.5. The minimum absolute atomic E-state index is 0.0349. The molecule has 1 N–H and O–H groups in total. The molecule has 3 aromatic rings. The van der Waals surface area contributed by atoms with Crippen LogP contribution in [0.3, 0.4) is 0 Å². The van der Waals surface area contributed by atoms with E-state index in [1.807, 2.05) is 39.1 Å². The van der Waals surface area contributed by atoms with Crippen molar-refractivity contribution in [2.75, 3.05) is 11.1 Å². The first-order valence-electron chi connectivity index (χ1n) is 9.51. The fourth-order valence-corrected chi connectivity index (χ4v) is 3.70. The third-order valence-corrected chi connectivity index (χ3v) is 5.72. The van der Waals surface area contributed by atoms with Gasteiger partial charge in [-0.15, -0.1) is 10.2 Å². The fourth-order valence-electron chi connectivity index (χ4n) is 2.97. The summed E-state index contributed by atoms with van der Waals surface area (Å²) >= 11 is 1.22. The van der Waals surface area contributed by atoms with E-state index in [0.29, 0.717) is 22.2 Å². The number of nitrogens with one attached hydrogen (secondary N) is 1. The highest BCUT2D eigenvalue weighted by Gasteiger charge is 2.15. The second-order valence-electron chi connectivity index (χ2n) is 7.06. The molecule has 2 aromatic carbocycles.